The van der Waals surface area contributed by atoms with E-state index in [0.717, 1.165) is 5.56 Å². The summed E-state index contributed by atoms with van der Waals surface area (Å²) in [6.07, 6.45) is 0. The highest BCUT2D eigenvalue weighted by Gasteiger charge is 2.20. The third-order valence-electron chi connectivity index (χ3n) is 5.56. The molecule has 0 unspecified atom stereocenters. The van der Waals surface area contributed by atoms with E-state index in [-0.39, 0.29) is 18.0 Å². The third-order valence-corrected chi connectivity index (χ3v) is 5.56. The summed E-state index contributed by atoms with van der Waals surface area (Å²) in [6.45, 7) is 3.60. The van der Waals surface area contributed by atoms with Crippen LogP contribution in [0.2, 0.25) is 0 Å². The van der Waals surface area contributed by atoms with E-state index in [1.165, 1.54) is 6.07 Å². The summed E-state index contributed by atoms with van der Waals surface area (Å²) in [6, 6.07) is 15.2. The Bertz CT molecular complexity index is 1450. The van der Waals surface area contributed by atoms with Crippen molar-refractivity contribution in [2.24, 2.45) is 0 Å². The second-order valence-electron chi connectivity index (χ2n) is 7.62. The van der Waals surface area contributed by atoms with Crippen molar-refractivity contribution < 1.29 is 28.2 Å². The third kappa shape index (κ3) is 3.67. The standard InChI is InChI=1S/C26H20O7/c1-14-24-20(27)10-18(17-6-9-21-22(11-17)31-13-30-21)12-23(25(24)15(2)32-14)33-26(28)16-4-7-19(29-3)8-5-16/h4-12H,13H2,1-3H3. The second-order valence-corrected chi connectivity index (χ2v) is 7.62. The average molecular weight is 444 g/mol. The first kappa shape index (κ1) is 20.6. The average Bonchev–Trinajstić information content (AvgIpc) is 3.36. The quantitative estimate of drug-likeness (QED) is 0.408. The highest BCUT2D eigenvalue weighted by atomic mass is 16.7. The van der Waals surface area contributed by atoms with Gasteiger partial charge < -0.3 is 23.4 Å². The largest absolute Gasteiger partial charge is 0.497 e. The first-order valence-corrected chi connectivity index (χ1v) is 10.3. The fourth-order valence-electron chi connectivity index (χ4n) is 3.95. The second kappa shape index (κ2) is 8.02. The van der Waals surface area contributed by atoms with Crippen molar-refractivity contribution in [3.63, 3.8) is 0 Å². The molecule has 3 aromatic carbocycles. The van der Waals surface area contributed by atoms with E-state index in [9.17, 15) is 9.59 Å². The molecule has 0 N–H and O–H groups in total. The van der Waals surface area contributed by atoms with Crippen LogP contribution in [0.25, 0.3) is 21.9 Å². The molecule has 4 aromatic rings. The van der Waals surface area contributed by atoms with Crippen molar-refractivity contribution in [1.29, 1.82) is 0 Å². The van der Waals surface area contributed by atoms with Crippen LogP contribution < -0.4 is 24.4 Å². The number of carbonyl (C=O) groups excluding carboxylic acids is 1. The number of hydrogen-bond donors (Lipinski definition) is 0. The summed E-state index contributed by atoms with van der Waals surface area (Å²) in [7, 11) is 1.55. The summed E-state index contributed by atoms with van der Waals surface area (Å²) < 4.78 is 27.5. The molecule has 0 saturated heterocycles. The molecule has 2 heterocycles. The van der Waals surface area contributed by atoms with E-state index in [2.05, 4.69) is 0 Å². The van der Waals surface area contributed by atoms with Gasteiger partial charge in [-0.3, -0.25) is 4.79 Å². The monoisotopic (exact) mass is 444 g/mol. The Morgan fingerprint density at radius 3 is 2.33 bits per heavy atom. The van der Waals surface area contributed by atoms with E-state index >= 15 is 0 Å². The minimum Gasteiger partial charge on any atom is -0.497 e. The van der Waals surface area contributed by atoms with E-state index in [0.29, 0.717) is 50.7 Å². The topological polar surface area (TPSA) is 84.2 Å². The molecule has 0 bridgehead atoms. The Labute approximate surface area is 189 Å². The molecular weight excluding hydrogens is 424 g/mol. The molecule has 33 heavy (non-hydrogen) atoms. The molecule has 1 aromatic heterocycles. The van der Waals surface area contributed by atoms with Crippen LogP contribution in [0.15, 0.2) is 63.8 Å². The lowest BCUT2D eigenvalue weighted by Gasteiger charge is -2.07. The Morgan fingerprint density at radius 2 is 1.58 bits per heavy atom. The highest BCUT2D eigenvalue weighted by molar-refractivity contribution is 5.97. The van der Waals surface area contributed by atoms with Crippen LogP contribution in [0.5, 0.6) is 23.0 Å². The van der Waals surface area contributed by atoms with Crippen LogP contribution in [0.4, 0.5) is 0 Å². The number of ether oxygens (including phenoxy) is 4. The molecule has 7 heteroatoms. The zero-order chi connectivity index (χ0) is 23.1. The smallest absolute Gasteiger partial charge is 0.343 e. The molecule has 0 radical (unpaired) electrons. The Kier molecular flexibility index (Phi) is 5.01. The van der Waals surface area contributed by atoms with Crippen LogP contribution in [0, 0.1) is 13.8 Å². The Balaban J connectivity index is 1.66. The first-order valence-electron chi connectivity index (χ1n) is 10.3. The molecule has 0 amide bonds. The zero-order valence-electron chi connectivity index (χ0n) is 18.3. The number of methoxy groups -OCH3 is 1. The van der Waals surface area contributed by atoms with Gasteiger partial charge in [0, 0.05) is 0 Å². The van der Waals surface area contributed by atoms with Gasteiger partial charge in [-0.2, -0.15) is 0 Å². The van der Waals surface area contributed by atoms with Gasteiger partial charge in [0.2, 0.25) is 6.79 Å². The minimum atomic E-state index is -0.563. The molecule has 5 rings (SSSR count). The highest BCUT2D eigenvalue weighted by Crippen LogP contribution is 2.38. The number of fused-ring (bicyclic) bond motifs is 2. The van der Waals surface area contributed by atoms with Gasteiger partial charge in [0.15, 0.2) is 16.9 Å². The summed E-state index contributed by atoms with van der Waals surface area (Å²) in [5.41, 5.74) is 1.41. The number of furan rings is 1. The molecular formula is C26H20O7. The molecule has 0 atom stereocenters. The van der Waals surface area contributed by atoms with Crippen LogP contribution >= 0.6 is 0 Å². The van der Waals surface area contributed by atoms with Crippen molar-refractivity contribution in [2.45, 2.75) is 13.8 Å². The van der Waals surface area contributed by atoms with Crippen LogP contribution in [0.1, 0.15) is 21.9 Å². The number of rotatable bonds is 4. The van der Waals surface area contributed by atoms with Crippen molar-refractivity contribution in [1.82, 2.24) is 0 Å². The van der Waals surface area contributed by atoms with Crippen molar-refractivity contribution in [2.75, 3.05) is 13.9 Å². The summed E-state index contributed by atoms with van der Waals surface area (Å²) in [4.78, 5) is 26.1. The van der Waals surface area contributed by atoms with Crippen LogP contribution in [-0.2, 0) is 0 Å². The first-order chi connectivity index (χ1) is 15.9. The van der Waals surface area contributed by atoms with Gasteiger partial charge in [-0.15, -0.1) is 0 Å². The maximum Gasteiger partial charge on any atom is 0.343 e. The maximum absolute atomic E-state index is 13.1. The van der Waals surface area contributed by atoms with Gasteiger partial charge in [0.05, 0.1) is 23.4 Å². The zero-order valence-corrected chi connectivity index (χ0v) is 18.3. The predicted molar refractivity (Wildman–Crippen MR) is 121 cm³/mol. The van der Waals surface area contributed by atoms with Gasteiger partial charge in [-0.25, -0.2) is 4.79 Å². The van der Waals surface area contributed by atoms with Gasteiger partial charge in [0.1, 0.15) is 23.0 Å². The summed E-state index contributed by atoms with van der Waals surface area (Å²) >= 11 is 0. The van der Waals surface area contributed by atoms with Gasteiger partial charge in [0.25, 0.3) is 0 Å². The van der Waals surface area contributed by atoms with Gasteiger partial charge >= 0.3 is 5.97 Å². The number of esters is 1. The Morgan fingerprint density at radius 1 is 0.848 bits per heavy atom. The van der Waals surface area contributed by atoms with Crippen molar-refractivity contribution in [3.8, 4) is 34.1 Å². The number of hydrogen-bond acceptors (Lipinski definition) is 7. The lowest BCUT2D eigenvalue weighted by molar-refractivity contribution is 0.0737. The van der Waals surface area contributed by atoms with Crippen LogP contribution in [-0.4, -0.2) is 19.9 Å². The molecule has 0 saturated carbocycles. The number of carbonyl (C=O) groups is 1. The van der Waals surface area contributed by atoms with Gasteiger partial charge in [-0.05, 0) is 73.5 Å². The van der Waals surface area contributed by atoms with E-state index in [1.54, 1.807) is 63.4 Å². The summed E-state index contributed by atoms with van der Waals surface area (Å²) in [5.74, 6) is 2.47. The van der Waals surface area contributed by atoms with E-state index in [1.807, 2.05) is 6.07 Å². The molecule has 0 aliphatic carbocycles. The predicted octanol–water partition coefficient (Wildman–Crippen LogP) is 5.03. The number of aryl methyl sites for hydroxylation is 2. The fourth-order valence-corrected chi connectivity index (χ4v) is 3.95. The SMILES string of the molecule is COc1ccc(C(=O)Oc2cc(-c3ccc4c(c3)OCO4)cc(=O)c3c(C)oc(C)c23)cc1. The molecule has 1 aliphatic rings. The minimum absolute atomic E-state index is 0.146. The normalized spacial score (nSPS) is 12.1. The van der Waals surface area contributed by atoms with Crippen molar-refractivity contribution in [3.05, 3.63) is 81.9 Å². The lowest BCUT2D eigenvalue weighted by Crippen LogP contribution is -2.08. The maximum atomic E-state index is 13.1. The van der Waals surface area contributed by atoms with Crippen molar-refractivity contribution >= 4 is 16.7 Å². The fraction of sp³-hybridized carbons (Fsp3) is 0.154. The Hall–Kier alpha value is -4.26. The molecule has 1 aliphatic heterocycles. The van der Waals surface area contributed by atoms with Gasteiger partial charge in [-0.1, -0.05) is 6.07 Å². The lowest BCUT2D eigenvalue weighted by atomic mass is 10.1. The molecule has 0 spiro atoms. The van der Waals surface area contributed by atoms with E-state index in [4.69, 9.17) is 23.4 Å². The van der Waals surface area contributed by atoms with Crippen LogP contribution in [0.3, 0.4) is 0 Å². The van der Waals surface area contributed by atoms with E-state index < -0.39 is 5.97 Å². The molecule has 7 nitrogen and oxygen atoms in total. The number of benzene rings is 2. The molecule has 166 valence electrons. The molecule has 0 fully saturated rings. The summed E-state index contributed by atoms with van der Waals surface area (Å²) in [5, 5.41) is 0.836.